The van der Waals surface area contributed by atoms with Gasteiger partial charge in [0.1, 0.15) is 18.5 Å². The van der Waals surface area contributed by atoms with E-state index in [1.54, 1.807) is 19.2 Å². The molecule has 0 bridgehead atoms. The van der Waals surface area contributed by atoms with Crippen LogP contribution in [0.4, 0.5) is 5.69 Å². The number of nitrogens with one attached hydrogen (secondary N) is 1. The van der Waals surface area contributed by atoms with E-state index in [1.165, 1.54) is 0 Å². The molecule has 6 heteroatoms. The Balaban J connectivity index is 2.34. The van der Waals surface area contributed by atoms with Crippen molar-refractivity contribution < 1.29 is 14.6 Å². The smallest absolute Gasteiger partial charge is 0.223 e. The van der Waals surface area contributed by atoms with Crippen molar-refractivity contribution in [2.45, 2.75) is 13.0 Å². The van der Waals surface area contributed by atoms with E-state index in [4.69, 9.17) is 10.5 Å². The number of amides is 1. The Hall–Kier alpha value is -1.79. The molecule has 1 aromatic carbocycles. The number of rotatable bonds is 8. The van der Waals surface area contributed by atoms with Gasteiger partial charge >= 0.3 is 0 Å². The normalized spacial score (nSPS) is 13.8. The minimum absolute atomic E-state index is 0.00958. The summed E-state index contributed by atoms with van der Waals surface area (Å²) in [7, 11) is 3.48. The Bertz CT molecular complexity index is 454. The Morgan fingerprint density at radius 2 is 2.10 bits per heavy atom. The molecule has 6 nitrogen and oxygen atoms in total. The Labute approximate surface area is 125 Å². The lowest BCUT2D eigenvalue weighted by atomic mass is 10.1. The van der Waals surface area contributed by atoms with Gasteiger partial charge in [-0.05, 0) is 19.2 Å². The number of ether oxygens (including phenoxy) is 1. The van der Waals surface area contributed by atoms with Gasteiger partial charge in [-0.1, -0.05) is 19.1 Å². The second-order valence-corrected chi connectivity index (χ2v) is 5.24. The number of nitrogen functional groups attached to an aromatic ring is 1. The predicted octanol–water partition coefficient (Wildman–Crippen LogP) is 0.322. The molecule has 2 unspecified atom stereocenters. The summed E-state index contributed by atoms with van der Waals surface area (Å²) in [6.07, 6.45) is -0.647. The second-order valence-electron chi connectivity index (χ2n) is 5.24. The first-order chi connectivity index (χ1) is 9.93. The van der Waals surface area contributed by atoms with E-state index in [2.05, 4.69) is 5.32 Å². The quantitative estimate of drug-likeness (QED) is 0.601. The highest BCUT2D eigenvalue weighted by molar-refractivity contribution is 5.78. The lowest BCUT2D eigenvalue weighted by Gasteiger charge is -2.23. The summed E-state index contributed by atoms with van der Waals surface area (Å²) in [5.74, 6) is 0.431. The van der Waals surface area contributed by atoms with Crippen LogP contribution in [0.1, 0.15) is 6.92 Å². The highest BCUT2D eigenvalue weighted by Gasteiger charge is 2.16. The highest BCUT2D eigenvalue weighted by Crippen LogP contribution is 2.19. The number of nitrogens with two attached hydrogens (primary N) is 1. The molecule has 1 aromatic rings. The third-order valence-electron chi connectivity index (χ3n) is 3.15. The molecule has 0 aliphatic rings. The summed E-state index contributed by atoms with van der Waals surface area (Å²) in [5.41, 5.74) is 6.31. The van der Waals surface area contributed by atoms with Crippen molar-refractivity contribution >= 4 is 11.6 Å². The average Bonchev–Trinajstić information content (AvgIpc) is 2.45. The number of aliphatic hydroxyl groups is 1. The molecule has 0 aliphatic heterocycles. The van der Waals surface area contributed by atoms with Crippen LogP contribution in [-0.2, 0) is 4.79 Å². The van der Waals surface area contributed by atoms with Crippen LogP contribution in [0.15, 0.2) is 24.3 Å². The van der Waals surface area contributed by atoms with E-state index in [0.717, 1.165) is 0 Å². The minimum atomic E-state index is -0.647. The SMILES string of the molecule is CNC(=O)C(C)CN(C)CC(O)COc1ccccc1N. The third-order valence-corrected chi connectivity index (χ3v) is 3.15. The fourth-order valence-electron chi connectivity index (χ4n) is 2.08. The molecule has 0 heterocycles. The van der Waals surface area contributed by atoms with Crippen LogP contribution in [-0.4, -0.2) is 55.8 Å². The van der Waals surface area contributed by atoms with Gasteiger partial charge < -0.3 is 25.8 Å². The summed E-state index contributed by atoms with van der Waals surface area (Å²) in [4.78, 5) is 13.3. The topological polar surface area (TPSA) is 87.8 Å². The van der Waals surface area contributed by atoms with Crippen LogP contribution in [0.25, 0.3) is 0 Å². The summed E-state index contributed by atoms with van der Waals surface area (Å²) in [5, 5.41) is 12.6. The predicted molar refractivity (Wildman–Crippen MR) is 83.1 cm³/mol. The highest BCUT2D eigenvalue weighted by atomic mass is 16.5. The van der Waals surface area contributed by atoms with Gasteiger partial charge in [-0.25, -0.2) is 0 Å². The Morgan fingerprint density at radius 1 is 1.43 bits per heavy atom. The van der Waals surface area contributed by atoms with Gasteiger partial charge in [0.05, 0.1) is 5.69 Å². The standard InChI is InChI=1S/C15H25N3O3/c1-11(15(20)17-2)8-18(3)9-12(19)10-21-14-7-5-4-6-13(14)16/h4-7,11-12,19H,8-10,16H2,1-3H3,(H,17,20). The van der Waals surface area contributed by atoms with Gasteiger partial charge in [0.2, 0.25) is 5.91 Å². The first-order valence-electron chi connectivity index (χ1n) is 6.99. The van der Waals surface area contributed by atoms with Gasteiger partial charge in [0.15, 0.2) is 0 Å². The van der Waals surface area contributed by atoms with Crippen molar-refractivity contribution in [2.24, 2.45) is 5.92 Å². The lowest BCUT2D eigenvalue weighted by Crippen LogP contribution is -2.39. The van der Waals surface area contributed by atoms with E-state index in [0.29, 0.717) is 24.5 Å². The van der Waals surface area contributed by atoms with Gasteiger partial charge in [-0.15, -0.1) is 0 Å². The first-order valence-corrected chi connectivity index (χ1v) is 6.99. The van der Waals surface area contributed by atoms with E-state index < -0.39 is 6.10 Å². The van der Waals surface area contributed by atoms with Gasteiger partial charge in [0, 0.05) is 26.1 Å². The molecule has 21 heavy (non-hydrogen) atoms. The van der Waals surface area contributed by atoms with Crippen LogP contribution in [0, 0.1) is 5.92 Å². The molecule has 0 fully saturated rings. The number of carbonyl (C=O) groups excluding carboxylic acids is 1. The fraction of sp³-hybridized carbons (Fsp3) is 0.533. The molecule has 4 N–H and O–H groups in total. The van der Waals surface area contributed by atoms with Crippen molar-refractivity contribution in [2.75, 3.05) is 39.5 Å². The number of aliphatic hydroxyl groups excluding tert-OH is 1. The van der Waals surface area contributed by atoms with E-state index in [1.807, 2.05) is 31.0 Å². The monoisotopic (exact) mass is 295 g/mol. The van der Waals surface area contributed by atoms with E-state index in [-0.39, 0.29) is 18.4 Å². The van der Waals surface area contributed by atoms with Crippen molar-refractivity contribution in [3.8, 4) is 5.75 Å². The van der Waals surface area contributed by atoms with Crippen LogP contribution in [0.2, 0.25) is 0 Å². The average molecular weight is 295 g/mol. The summed E-state index contributed by atoms with van der Waals surface area (Å²) < 4.78 is 5.49. The Morgan fingerprint density at radius 3 is 2.71 bits per heavy atom. The molecule has 0 radical (unpaired) electrons. The van der Waals surface area contributed by atoms with Crippen LogP contribution >= 0.6 is 0 Å². The van der Waals surface area contributed by atoms with E-state index in [9.17, 15) is 9.90 Å². The zero-order valence-electron chi connectivity index (χ0n) is 12.9. The summed E-state index contributed by atoms with van der Waals surface area (Å²) in [6, 6.07) is 7.17. The second kappa shape index (κ2) is 8.49. The van der Waals surface area contributed by atoms with Crippen molar-refractivity contribution in [3.05, 3.63) is 24.3 Å². The maximum Gasteiger partial charge on any atom is 0.223 e. The molecular formula is C15H25N3O3. The summed E-state index contributed by atoms with van der Waals surface area (Å²) in [6.45, 7) is 3.01. The molecule has 0 saturated heterocycles. The van der Waals surface area contributed by atoms with Crippen molar-refractivity contribution in [1.82, 2.24) is 10.2 Å². The maximum absolute atomic E-state index is 11.4. The number of likely N-dealkylation sites (N-methyl/N-ethyl adjacent to an activating group) is 1. The first kappa shape index (κ1) is 17.3. The van der Waals surface area contributed by atoms with E-state index >= 15 is 0 Å². The number of carbonyl (C=O) groups is 1. The fourth-order valence-corrected chi connectivity index (χ4v) is 2.08. The number of anilines is 1. The van der Waals surface area contributed by atoms with Crippen molar-refractivity contribution in [1.29, 1.82) is 0 Å². The molecule has 0 aromatic heterocycles. The molecule has 118 valence electrons. The molecule has 0 saturated carbocycles. The minimum Gasteiger partial charge on any atom is -0.489 e. The van der Waals surface area contributed by atoms with Gasteiger partial charge in [0.25, 0.3) is 0 Å². The number of hydrogen-bond acceptors (Lipinski definition) is 5. The molecular weight excluding hydrogens is 270 g/mol. The number of nitrogens with zero attached hydrogens (tertiary/aromatic N) is 1. The zero-order valence-corrected chi connectivity index (χ0v) is 12.9. The third kappa shape index (κ3) is 6.01. The summed E-state index contributed by atoms with van der Waals surface area (Å²) >= 11 is 0. The largest absolute Gasteiger partial charge is 0.489 e. The van der Waals surface area contributed by atoms with Gasteiger partial charge in [-0.3, -0.25) is 4.79 Å². The lowest BCUT2D eigenvalue weighted by molar-refractivity contribution is -0.124. The molecule has 0 spiro atoms. The zero-order chi connectivity index (χ0) is 15.8. The number of hydrogen-bond donors (Lipinski definition) is 3. The van der Waals surface area contributed by atoms with Crippen molar-refractivity contribution in [3.63, 3.8) is 0 Å². The van der Waals surface area contributed by atoms with Crippen LogP contribution < -0.4 is 15.8 Å². The van der Waals surface area contributed by atoms with Crippen LogP contribution in [0.5, 0.6) is 5.75 Å². The molecule has 1 rings (SSSR count). The number of benzene rings is 1. The Kier molecular flexibility index (Phi) is 6.98. The molecule has 0 aliphatic carbocycles. The van der Waals surface area contributed by atoms with Gasteiger partial charge in [-0.2, -0.15) is 0 Å². The van der Waals surface area contributed by atoms with Crippen LogP contribution in [0.3, 0.4) is 0 Å². The number of para-hydroxylation sites is 2. The molecule has 1 amide bonds. The maximum atomic E-state index is 11.4. The molecule has 2 atom stereocenters.